The molecule has 1 aliphatic heterocycles. The van der Waals surface area contributed by atoms with Gasteiger partial charge in [0.25, 0.3) is 11.7 Å². The molecule has 0 aliphatic carbocycles. The molecule has 8 heteroatoms. The van der Waals surface area contributed by atoms with Crippen LogP contribution >= 0.6 is 11.6 Å². The van der Waals surface area contributed by atoms with E-state index in [1.165, 1.54) is 12.0 Å². The summed E-state index contributed by atoms with van der Waals surface area (Å²) in [5.74, 6) is -1.93. The van der Waals surface area contributed by atoms with E-state index in [1.807, 2.05) is 32.0 Å². The molecule has 0 bridgehead atoms. The summed E-state index contributed by atoms with van der Waals surface area (Å²) in [6.07, 6.45) is 0.0750. The summed E-state index contributed by atoms with van der Waals surface area (Å²) in [5.41, 5.74) is 2.82. The van der Waals surface area contributed by atoms with Gasteiger partial charge in [0.1, 0.15) is 11.5 Å². The number of carbonyl (C=O) groups is 3. The van der Waals surface area contributed by atoms with Gasteiger partial charge in [-0.2, -0.15) is 0 Å². The van der Waals surface area contributed by atoms with E-state index >= 15 is 0 Å². The molecule has 4 rings (SSSR count). The lowest BCUT2D eigenvalue weighted by Gasteiger charge is -2.26. The SMILES string of the molecule is CCOc1ccc(Cl)c(/C(O)=C2\C(=O)C(=O)N(c3ccc(CC(=O)OC)cc3)C2c2cccc(C)c2)c1. The molecule has 1 amide bonds. The van der Waals surface area contributed by atoms with E-state index in [1.54, 1.807) is 48.5 Å². The maximum atomic E-state index is 13.4. The van der Waals surface area contributed by atoms with Crippen molar-refractivity contribution in [3.8, 4) is 5.75 Å². The topological polar surface area (TPSA) is 93.1 Å². The second-order valence-electron chi connectivity index (χ2n) is 8.58. The van der Waals surface area contributed by atoms with Crippen LogP contribution in [0.3, 0.4) is 0 Å². The number of benzene rings is 3. The molecule has 1 atom stereocenters. The predicted molar refractivity (Wildman–Crippen MR) is 141 cm³/mol. The van der Waals surface area contributed by atoms with E-state index in [9.17, 15) is 19.5 Å². The van der Waals surface area contributed by atoms with Gasteiger partial charge in [-0.15, -0.1) is 0 Å². The molecule has 1 N–H and O–H groups in total. The zero-order valence-electron chi connectivity index (χ0n) is 20.7. The fraction of sp³-hybridized carbons (Fsp3) is 0.207. The van der Waals surface area contributed by atoms with Gasteiger partial charge in [0, 0.05) is 11.3 Å². The van der Waals surface area contributed by atoms with Gasteiger partial charge < -0.3 is 14.6 Å². The molecule has 3 aromatic carbocycles. The fourth-order valence-electron chi connectivity index (χ4n) is 4.36. The van der Waals surface area contributed by atoms with Crippen LogP contribution in [0.4, 0.5) is 5.69 Å². The van der Waals surface area contributed by atoms with Crippen LogP contribution < -0.4 is 9.64 Å². The van der Waals surface area contributed by atoms with E-state index in [0.29, 0.717) is 29.2 Å². The molecule has 1 heterocycles. The number of nitrogens with zero attached hydrogens (tertiary/aromatic N) is 1. The fourth-order valence-corrected chi connectivity index (χ4v) is 4.56. The van der Waals surface area contributed by atoms with E-state index in [4.69, 9.17) is 21.1 Å². The van der Waals surface area contributed by atoms with E-state index < -0.39 is 17.7 Å². The molecular weight excluding hydrogens is 494 g/mol. The van der Waals surface area contributed by atoms with Crippen molar-refractivity contribution in [2.45, 2.75) is 26.3 Å². The first-order valence-electron chi connectivity index (χ1n) is 11.7. The number of aryl methyl sites for hydroxylation is 1. The highest BCUT2D eigenvalue weighted by molar-refractivity contribution is 6.52. The van der Waals surface area contributed by atoms with E-state index in [0.717, 1.165) is 5.56 Å². The van der Waals surface area contributed by atoms with Gasteiger partial charge in [0.2, 0.25) is 0 Å². The van der Waals surface area contributed by atoms with Gasteiger partial charge >= 0.3 is 5.97 Å². The summed E-state index contributed by atoms with van der Waals surface area (Å²) in [7, 11) is 1.31. The molecule has 1 unspecified atom stereocenters. The van der Waals surface area contributed by atoms with Gasteiger partial charge in [-0.05, 0) is 55.3 Å². The Hall–Kier alpha value is -4.10. The first-order valence-corrected chi connectivity index (χ1v) is 12.1. The highest BCUT2D eigenvalue weighted by Crippen LogP contribution is 2.43. The minimum absolute atomic E-state index is 0.0750. The van der Waals surface area contributed by atoms with Crippen LogP contribution in [-0.2, 0) is 25.5 Å². The van der Waals surface area contributed by atoms with Crippen molar-refractivity contribution in [2.24, 2.45) is 0 Å². The number of hydrogen-bond acceptors (Lipinski definition) is 6. The maximum Gasteiger partial charge on any atom is 0.309 e. The van der Waals surface area contributed by atoms with Crippen LogP contribution in [0.5, 0.6) is 5.75 Å². The van der Waals surface area contributed by atoms with Gasteiger partial charge in [-0.3, -0.25) is 19.3 Å². The number of ether oxygens (including phenoxy) is 2. The number of ketones is 1. The van der Waals surface area contributed by atoms with Crippen molar-refractivity contribution in [2.75, 3.05) is 18.6 Å². The third-order valence-electron chi connectivity index (χ3n) is 6.10. The van der Waals surface area contributed by atoms with Crippen molar-refractivity contribution in [1.29, 1.82) is 0 Å². The summed E-state index contributed by atoms with van der Waals surface area (Å²) in [4.78, 5) is 39.8. The Morgan fingerprint density at radius 1 is 1.05 bits per heavy atom. The van der Waals surface area contributed by atoms with Crippen LogP contribution in [0.1, 0.15) is 35.2 Å². The summed E-state index contributed by atoms with van der Waals surface area (Å²) >= 11 is 6.40. The van der Waals surface area contributed by atoms with Crippen molar-refractivity contribution >= 4 is 40.7 Å². The number of Topliss-reactive ketones (excluding diaryl/α,β-unsaturated/α-hetero) is 1. The molecule has 3 aromatic rings. The molecule has 0 radical (unpaired) electrons. The number of rotatable bonds is 7. The highest BCUT2D eigenvalue weighted by atomic mass is 35.5. The van der Waals surface area contributed by atoms with Crippen molar-refractivity contribution in [1.82, 2.24) is 0 Å². The van der Waals surface area contributed by atoms with Crippen molar-refractivity contribution in [3.05, 3.63) is 99.6 Å². The number of esters is 1. The first kappa shape index (κ1) is 26.0. The standard InChI is InChI=1S/C29H26ClNO6/c1-4-37-21-12-13-23(30)22(16-21)27(33)25-26(19-7-5-6-17(2)14-19)31(29(35)28(25)34)20-10-8-18(9-11-20)15-24(32)36-3/h5-14,16,26,33H,4,15H2,1-3H3/b27-25+. The summed E-state index contributed by atoms with van der Waals surface area (Å²) < 4.78 is 10.3. The lowest BCUT2D eigenvalue weighted by Crippen LogP contribution is -2.29. The average Bonchev–Trinajstić information content (AvgIpc) is 3.15. The van der Waals surface area contributed by atoms with Crippen LogP contribution in [0.15, 0.2) is 72.3 Å². The number of aliphatic hydroxyl groups excluding tert-OH is 1. The highest BCUT2D eigenvalue weighted by Gasteiger charge is 2.47. The molecule has 1 fully saturated rings. The Morgan fingerprint density at radius 3 is 2.43 bits per heavy atom. The third-order valence-corrected chi connectivity index (χ3v) is 6.43. The minimum atomic E-state index is -0.904. The number of hydrogen-bond donors (Lipinski definition) is 1. The largest absolute Gasteiger partial charge is 0.507 e. The molecule has 190 valence electrons. The van der Waals surface area contributed by atoms with Crippen LogP contribution in [0.25, 0.3) is 5.76 Å². The average molecular weight is 520 g/mol. The smallest absolute Gasteiger partial charge is 0.309 e. The monoisotopic (exact) mass is 519 g/mol. The lowest BCUT2D eigenvalue weighted by atomic mass is 9.94. The first-order chi connectivity index (χ1) is 17.7. The third kappa shape index (κ3) is 5.22. The van der Waals surface area contributed by atoms with Gasteiger partial charge in [-0.25, -0.2) is 0 Å². The van der Waals surface area contributed by atoms with Crippen LogP contribution in [0, 0.1) is 6.92 Å². The predicted octanol–water partition coefficient (Wildman–Crippen LogP) is 5.39. The molecule has 0 spiro atoms. The molecule has 0 saturated carbocycles. The summed E-state index contributed by atoms with van der Waals surface area (Å²) in [6.45, 7) is 4.13. The van der Waals surface area contributed by atoms with Crippen molar-refractivity contribution in [3.63, 3.8) is 0 Å². The van der Waals surface area contributed by atoms with Crippen molar-refractivity contribution < 1.29 is 29.0 Å². The minimum Gasteiger partial charge on any atom is -0.507 e. The van der Waals surface area contributed by atoms with Gasteiger partial charge in [-0.1, -0.05) is 53.6 Å². The molecular formula is C29H26ClNO6. The zero-order valence-corrected chi connectivity index (χ0v) is 21.4. The maximum absolute atomic E-state index is 13.4. The molecule has 7 nitrogen and oxygen atoms in total. The Bertz CT molecular complexity index is 1400. The van der Waals surface area contributed by atoms with Gasteiger partial charge in [0.15, 0.2) is 0 Å². The Kier molecular flexibility index (Phi) is 7.64. The quantitative estimate of drug-likeness (QED) is 0.195. The van der Waals surface area contributed by atoms with Crippen LogP contribution in [0.2, 0.25) is 5.02 Å². The number of halogens is 1. The second-order valence-corrected chi connectivity index (χ2v) is 8.98. The summed E-state index contributed by atoms with van der Waals surface area (Å²) in [5, 5.41) is 11.6. The molecule has 37 heavy (non-hydrogen) atoms. The zero-order chi connectivity index (χ0) is 26.7. The Labute approximate surface area is 219 Å². The Balaban J connectivity index is 1.88. The van der Waals surface area contributed by atoms with Crippen LogP contribution in [-0.4, -0.2) is 36.5 Å². The Morgan fingerprint density at radius 2 is 1.78 bits per heavy atom. The number of anilines is 1. The molecule has 1 saturated heterocycles. The number of methoxy groups -OCH3 is 1. The summed E-state index contributed by atoms with van der Waals surface area (Å²) in [6, 6.07) is 18.0. The molecule has 1 aliphatic rings. The molecule has 0 aromatic heterocycles. The van der Waals surface area contributed by atoms with E-state index in [-0.39, 0.29) is 34.3 Å². The van der Waals surface area contributed by atoms with Gasteiger partial charge in [0.05, 0.1) is 36.8 Å². The second kappa shape index (κ2) is 10.9. The normalized spacial score (nSPS) is 16.6. The number of aliphatic hydroxyl groups is 1. The number of amides is 1. The van der Waals surface area contributed by atoms with E-state index in [2.05, 4.69) is 0 Å². The lowest BCUT2D eigenvalue weighted by molar-refractivity contribution is -0.139. The number of carbonyl (C=O) groups excluding carboxylic acids is 3.